The topological polar surface area (TPSA) is 26.0 Å². The Balaban J connectivity index is 1.33. The van der Waals surface area contributed by atoms with Gasteiger partial charge in [0.1, 0.15) is 5.58 Å². The first-order valence-electron chi connectivity index (χ1n) is 12.0. The van der Waals surface area contributed by atoms with Gasteiger partial charge in [-0.1, -0.05) is 78.9 Å². The lowest BCUT2D eigenvalue weighted by Crippen LogP contribution is -1.84. The predicted octanol–water partition coefficient (Wildman–Crippen LogP) is 9.84. The van der Waals surface area contributed by atoms with Gasteiger partial charge in [-0.15, -0.1) is 11.3 Å². The third-order valence-corrected chi connectivity index (χ3v) is 8.34. The molecule has 0 aliphatic rings. The van der Waals surface area contributed by atoms with Crippen molar-refractivity contribution in [2.45, 2.75) is 0 Å². The Bertz CT molecular complexity index is 2110. The van der Waals surface area contributed by atoms with E-state index >= 15 is 0 Å². The highest BCUT2D eigenvalue weighted by molar-refractivity contribution is 7.26. The molecule has 3 aromatic heterocycles. The van der Waals surface area contributed by atoms with Crippen molar-refractivity contribution in [3.63, 3.8) is 0 Å². The number of aromatic nitrogens is 1. The maximum absolute atomic E-state index is 6.09. The van der Waals surface area contributed by atoms with Gasteiger partial charge in [-0.2, -0.15) is 0 Å². The first kappa shape index (κ1) is 19.8. The number of benzene rings is 5. The van der Waals surface area contributed by atoms with Gasteiger partial charge in [-0.3, -0.25) is 4.98 Å². The summed E-state index contributed by atoms with van der Waals surface area (Å²) in [5.74, 6) is 0. The van der Waals surface area contributed by atoms with Crippen LogP contribution in [0.25, 0.3) is 75.3 Å². The maximum atomic E-state index is 6.09. The molecule has 8 aromatic rings. The van der Waals surface area contributed by atoms with Crippen LogP contribution in [0, 0.1) is 0 Å². The molecule has 3 heteroatoms. The van der Waals surface area contributed by atoms with E-state index < -0.39 is 0 Å². The van der Waals surface area contributed by atoms with Crippen molar-refractivity contribution in [3.05, 3.63) is 115 Å². The predicted molar refractivity (Wildman–Crippen MR) is 153 cm³/mol. The Labute approximate surface area is 211 Å². The molecule has 0 saturated heterocycles. The number of hydrogen-bond donors (Lipinski definition) is 0. The molecule has 0 aliphatic carbocycles. The molecule has 2 nitrogen and oxygen atoms in total. The highest BCUT2D eigenvalue weighted by atomic mass is 32.1. The largest absolute Gasteiger partial charge is 0.454 e. The molecule has 0 radical (unpaired) electrons. The van der Waals surface area contributed by atoms with Crippen molar-refractivity contribution in [2.24, 2.45) is 0 Å². The molecule has 0 N–H and O–H groups in total. The summed E-state index contributed by atoms with van der Waals surface area (Å²) in [7, 11) is 0. The monoisotopic (exact) mass is 477 g/mol. The van der Waals surface area contributed by atoms with E-state index in [4.69, 9.17) is 4.42 Å². The Hall–Kier alpha value is -4.47. The van der Waals surface area contributed by atoms with Gasteiger partial charge in [-0.05, 0) is 52.6 Å². The summed E-state index contributed by atoms with van der Waals surface area (Å²) in [6.07, 6.45) is 1.84. The van der Waals surface area contributed by atoms with Crippen molar-refractivity contribution in [1.82, 2.24) is 4.98 Å². The molecule has 0 saturated carbocycles. The second kappa shape index (κ2) is 7.51. The number of fused-ring (bicyclic) bond motifs is 8. The van der Waals surface area contributed by atoms with Crippen molar-refractivity contribution < 1.29 is 4.42 Å². The second-order valence-electron chi connectivity index (χ2n) is 9.19. The maximum Gasteiger partial charge on any atom is 0.154 e. The molecular formula is C33H19NOS. The third-order valence-electron chi connectivity index (χ3n) is 7.12. The number of para-hydroxylation sites is 1. The molecular weight excluding hydrogens is 458 g/mol. The van der Waals surface area contributed by atoms with Gasteiger partial charge in [0.15, 0.2) is 5.58 Å². The zero-order chi connectivity index (χ0) is 23.6. The van der Waals surface area contributed by atoms with Crippen LogP contribution in [0.1, 0.15) is 0 Å². The zero-order valence-electron chi connectivity index (χ0n) is 19.2. The molecule has 0 spiro atoms. The molecule has 168 valence electrons. The Morgan fingerprint density at radius 2 is 1.33 bits per heavy atom. The summed E-state index contributed by atoms with van der Waals surface area (Å²) in [6, 6.07) is 38.9. The minimum absolute atomic E-state index is 0.825. The van der Waals surface area contributed by atoms with Crippen molar-refractivity contribution in [1.29, 1.82) is 0 Å². The van der Waals surface area contributed by atoms with Crippen LogP contribution in [0.4, 0.5) is 0 Å². The number of hydrogen-bond acceptors (Lipinski definition) is 3. The van der Waals surface area contributed by atoms with Crippen LogP contribution >= 0.6 is 11.3 Å². The smallest absolute Gasteiger partial charge is 0.154 e. The fourth-order valence-electron chi connectivity index (χ4n) is 5.43. The summed E-state index contributed by atoms with van der Waals surface area (Å²) < 4.78 is 8.75. The summed E-state index contributed by atoms with van der Waals surface area (Å²) in [5, 5.41) is 6.02. The lowest BCUT2D eigenvalue weighted by molar-refractivity contribution is 0.667. The van der Waals surface area contributed by atoms with Crippen LogP contribution in [0.15, 0.2) is 120 Å². The van der Waals surface area contributed by atoms with Crippen molar-refractivity contribution in [2.75, 3.05) is 0 Å². The second-order valence-corrected chi connectivity index (χ2v) is 10.2. The summed E-state index contributed by atoms with van der Waals surface area (Å²) in [6.45, 7) is 0. The van der Waals surface area contributed by atoms with E-state index in [1.807, 2.05) is 29.7 Å². The molecule has 8 rings (SSSR count). The molecule has 0 unspecified atom stereocenters. The van der Waals surface area contributed by atoms with Crippen molar-refractivity contribution >= 4 is 64.4 Å². The normalized spacial score (nSPS) is 11.9. The van der Waals surface area contributed by atoms with E-state index in [2.05, 4.69) is 102 Å². The van der Waals surface area contributed by atoms with Gasteiger partial charge >= 0.3 is 0 Å². The van der Waals surface area contributed by atoms with E-state index in [-0.39, 0.29) is 0 Å². The van der Waals surface area contributed by atoms with Crippen LogP contribution in [0.3, 0.4) is 0 Å². The molecule has 0 aliphatic heterocycles. The molecule has 0 fully saturated rings. The molecule has 0 amide bonds. The van der Waals surface area contributed by atoms with E-state index in [1.54, 1.807) is 0 Å². The highest BCUT2D eigenvalue weighted by Crippen LogP contribution is 2.41. The summed E-state index contributed by atoms with van der Waals surface area (Å²) in [5.41, 5.74) is 7.57. The first-order valence-corrected chi connectivity index (χ1v) is 12.9. The standard InChI is InChI=1S/C33H19NOS/c1-3-13-29-26(10-1)32-27-18-21(15-16-28(27)34-19-30(32)35-29)20-7-5-8-22(17-20)23-11-6-12-25-24-9-2-4-14-31(24)36-33(23)25/h1-19H. The quantitative estimate of drug-likeness (QED) is 0.248. The van der Waals surface area contributed by atoms with Gasteiger partial charge in [-0.25, -0.2) is 0 Å². The first-order chi connectivity index (χ1) is 17.8. The van der Waals surface area contributed by atoms with Gasteiger partial charge in [0.05, 0.1) is 11.7 Å². The number of pyridine rings is 1. The van der Waals surface area contributed by atoms with Crippen molar-refractivity contribution in [3.8, 4) is 22.3 Å². The van der Waals surface area contributed by atoms with Gasteiger partial charge < -0.3 is 4.42 Å². The number of nitrogens with zero attached hydrogens (tertiary/aromatic N) is 1. The van der Waals surface area contributed by atoms with Crippen LogP contribution in [-0.2, 0) is 0 Å². The lowest BCUT2D eigenvalue weighted by Gasteiger charge is -2.09. The Morgan fingerprint density at radius 1 is 0.556 bits per heavy atom. The van der Waals surface area contributed by atoms with Crippen LogP contribution in [0.5, 0.6) is 0 Å². The average Bonchev–Trinajstić information content (AvgIpc) is 3.51. The number of thiophene rings is 1. The Morgan fingerprint density at radius 3 is 2.31 bits per heavy atom. The molecule has 36 heavy (non-hydrogen) atoms. The Kier molecular flexibility index (Phi) is 4.13. The van der Waals surface area contributed by atoms with Crippen LogP contribution in [-0.4, -0.2) is 4.98 Å². The fraction of sp³-hybridized carbons (Fsp3) is 0. The highest BCUT2D eigenvalue weighted by Gasteiger charge is 2.13. The van der Waals surface area contributed by atoms with Gasteiger partial charge in [0.2, 0.25) is 0 Å². The van der Waals surface area contributed by atoms with E-state index in [9.17, 15) is 0 Å². The average molecular weight is 478 g/mol. The number of rotatable bonds is 2. The number of furan rings is 1. The molecule has 0 atom stereocenters. The van der Waals surface area contributed by atoms with E-state index in [0.29, 0.717) is 0 Å². The molecule has 3 heterocycles. The van der Waals surface area contributed by atoms with Gasteiger partial charge in [0, 0.05) is 36.3 Å². The SMILES string of the molecule is c1cc(-c2ccc3ncc4oc5ccccc5c4c3c2)cc(-c2cccc3c2sc2ccccc23)c1. The van der Waals surface area contributed by atoms with E-state index in [0.717, 1.165) is 32.8 Å². The summed E-state index contributed by atoms with van der Waals surface area (Å²) >= 11 is 1.87. The fourth-order valence-corrected chi connectivity index (χ4v) is 6.67. The van der Waals surface area contributed by atoms with Crippen LogP contribution < -0.4 is 0 Å². The van der Waals surface area contributed by atoms with Crippen LogP contribution in [0.2, 0.25) is 0 Å². The lowest BCUT2D eigenvalue weighted by atomic mass is 9.96. The summed E-state index contributed by atoms with van der Waals surface area (Å²) in [4.78, 5) is 4.67. The van der Waals surface area contributed by atoms with Gasteiger partial charge in [0.25, 0.3) is 0 Å². The minimum Gasteiger partial charge on any atom is -0.454 e. The third kappa shape index (κ3) is 2.87. The molecule has 0 bridgehead atoms. The zero-order valence-corrected chi connectivity index (χ0v) is 20.0. The van der Waals surface area contributed by atoms with E-state index in [1.165, 1.54) is 42.4 Å². The minimum atomic E-state index is 0.825. The molecule has 5 aromatic carbocycles.